The van der Waals surface area contributed by atoms with Crippen LogP contribution in [0, 0.1) is 12.7 Å². The Hall–Kier alpha value is -2.41. The van der Waals surface area contributed by atoms with Crippen molar-refractivity contribution in [1.29, 1.82) is 0 Å². The number of carbonyl (C=O) groups is 1. The van der Waals surface area contributed by atoms with E-state index in [0.717, 1.165) is 18.4 Å². The average Bonchev–Trinajstić information content (AvgIpc) is 3.33. The van der Waals surface area contributed by atoms with E-state index >= 15 is 0 Å². The van der Waals surface area contributed by atoms with Crippen molar-refractivity contribution >= 4 is 6.03 Å². The molecule has 1 aromatic carbocycles. The van der Waals surface area contributed by atoms with Crippen molar-refractivity contribution in [2.24, 2.45) is 0 Å². The van der Waals surface area contributed by atoms with Gasteiger partial charge in [-0.25, -0.2) is 13.9 Å². The first kappa shape index (κ1) is 17.4. The fourth-order valence-electron chi connectivity index (χ4n) is 2.82. The van der Waals surface area contributed by atoms with Gasteiger partial charge >= 0.3 is 6.03 Å². The standard InChI is InChI=1S/C18H23FN4O2/c1-12-10-20-23(11-12)17-6-3-14(9-16(17)19)13(2)21-18(25)22(7-8-24)15-4-5-15/h3,6,9-11,13,15,24H,4-5,7-8H2,1-2H3,(H,21,25). The predicted molar refractivity (Wildman–Crippen MR) is 92.0 cm³/mol. The van der Waals surface area contributed by atoms with Crippen LogP contribution in [0.15, 0.2) is 30.6 Å². The molecule has 6 nitrogen and oxygen atoms in total. The summed E-state index contributed by atoms with van der Waals surface area (Å²) in [6.45, 7) is 3.96. The summed E-state index contributed by atoms with van der Waals surface area (Å²) < 4.78 is 15.9. The zero-order valence-corrected chi connectivity index (χ0v) is 14.4. The first-order valence-corrected chi connectivity index (χ1v) is 8.48. The molecule has 1 aliphatic rings. The molecule has 1 atom stereocenters. The van der Waals surface area contributed by atoms with Crippen LogP contribution in [0.4, 0.5) is 9.18 Å². The van der Waals surface area contributed by atoms with E-state index in [0.29, 0.717) is 17.8 Å². The zero-order chi connectivity index (χ0) is 18.0. The normalized spacial score (nSPS) is 15.0. The SMILES string of the molecule is Cc1cnn(-c2ccc(C(C)NC(=O)N(CCO)C3CC3)cc2F)c1. The van der Waals surface area contributed by atoms with Gasteiger partial charge in [0.05, 0.1) is 18.8 Å². The third-order valence-electron chi connectivity index (χ3n) is 4.36. The van der Waals surface area contributed by atoms with Gasteiger partial charge in [-0.2, -0.15) is 5.10 Å². The number of aromatic nitrogens is 2. The van der Waals surface area contributed by atoms with Crippen LogP contribution >= 0.6 is 0 Å². The summed E-state index contributed by atoms with van der Waals surface area (Å²) in [5.41, 5.74) is 2.00. The lowest BCUT2D eigenvalue weighted by molar-refractivity contribution is 0.171. The summed E-state index contributed by atoms with van der Waals surface area (Å²) in [4.78, 5) is 14.0. The summed E-state index contributed by atoms with van der Waals surface area (Å²) in [6, 6.07) is 4.51. The smallest absolute Gasteiger partial charge is 0.318 e. The number of aryl methyl sites for hydroxylation is 1. The first-order chi connectivity index (χ1) is 12.0. The summed E-state index contributed by atoms with van der Waals surface area (Å²) >= 11 is 0. The van der Waals surface area contributed by atoms with E-state index in [1.807, 2.05) is 13.8 Å². The molecule has 1 unspecified atom stereocenters. The second-order valence-corrected chi connectivity index (χ2v) is 6.49. The Morgan fingerprint density at radius 3 is 2.84 bits per heavy atom. The predicted octanol–water partition coefficient (Wildman–Crippen LogP) is 2.55. The first-order valence-electron chi connectivity index (χ1n) is 8.48. The molecule has 0 saturated heterocycles. The van der Waals surface area contributed by atoms with Crippen LogP contribution in [0.5, 0.6) is 0 Å². The van der Waals surface area contributed by atoms with Gasteiger partial charge < -0.3 is 15.3 Å². The van der Waals surface area contributed by atoms with Gasteiger partial charge in [0.1, 0.15) is 11.5 Å². The Morgan fingerprint density at radius 2 is 2.28 bits per heavy atom. The van der Waals surface area contributed by atoms with Crippen molar-refractivity contribution in [3.8, 4) is 5.69 Å². The molecule has 2 N–H and O–H groups in total. The molecule has 1 fully saturated rings. The molecule has 1 saturated carbocycles. The van der Waals surface area contributed by atoms with E-state index < -0.39 is 5.82 Å². The Bertz CT molecular complexity index is 757. The minimum Gasteiger partial charge on any atom is -0.395 e. The van der Waals surface area contributed by atoms with Crippen molar-refractivity contribution in [3.63, 3.8) is 0 Å². The van der Waals surface area contributed by atoms with Crippen molar-refractivity contribution in [2.75, 3.05) is 13.2 Å². The van der Waals surface area contributed by atoms with Gasteiger partial charge in [-0.05, 0) is 49.9 Å². The number of aliphatic hydroxyl groups is 1. The minimum atomic E-state index is -0.392. The number of benzene rings is 1. The Kier molecular flexibility index (Phi) is 5.03. The number of hydrogen-bond donors (Lipinski definition) is 2. The number of aliphatic hydroxyl groups excluding tert-OH is 1. The van der Waals surface area contributed by atoms with Gasteiger partial charge in [-0.3, -0.25) is 0 Å². The van der Waals surface area contributed by atoms with E-state index in [4.69, 9.17) is 5.11 Å². The monoisotopic (exact) mass is 346 g/mol. The highest BCUT2D eigenvalue weighted by Crippen LogP contribution is 2.27. The molecule has 134 valence electrons. The summed E-state index contributed by atoms with van der Waals surface area (Å²) in [5.74, 6) is -0.392. The van der Waals surface area contributed by atoms with Gasteiger partial charge in [0.15, 0.2) is 0 Å². The van der Waals surface area contributed by atoms with Gasteiger partial charge in [0, 0.05) is 18.8 Å². The Balaban J connectivity index is 1.70. The number of nitrogens with zero attached hydrogens (tertiary/aromatic N) is 3. The van der Waals surface area contributed by atoms with Crippen molar-refractivity contribution < 1.29 is 14.3 Å². The number of carbonyl (C=O) groups excluding carboxylic acids is 1. The number of nitrogens with one attached hydrogen (secondary N) is 1. The molecule has 0 aliphatic heterocycles. The third kappa shape index (κ3) is 3.99. The van der Waals surface area contributed by atoms with E-state index in [1.165, 1.54) is 10.7 Å². The van der Waals surface area contributed by atoms with Crippen LogP contribution in [0.25, 0.3) is 5.69 Å². The largest absolute Gasteiger partial charge is 0.395 e. The molecule has 2 amide bonds. The second-order valence-electron chi connectivity index (χ2n) is 6.49. The van der Waals surface area contributed by atoms with Gasteiger partial charge in [0.2, 0.25) is 0 Å². The van der Waals surface area contributed by atoms with E-state index in [9.17, 15) is 9.18 Å². The van der Waals surface area contributed by atoms with Crippen LogP contribution in [-0.2, 0) is 0 Å². The molecule has 7 heteroatoms. The number of hydrogen-bond acceptors (Lipinski definition) is 3. The number of amides is 2. The van der Waals surface area contributed by atoms with E-state index in [1.54, 1.807) is 29.4 Å². The second kappa shape index (κ2) is 7.23. The van der Waals surface area contributed by atoms with Crippen molar-refractivity contribution in [3.05, 3.63) is 47.5 Å². The van der Waals surface area contributed by atoms with Crippen LogP contribution in [0.1, 0.15) is 36.9 Å². The highest BCUT2D eigenvalue weighted by Gasteiger charge is 2.32. The highest BCUT2D eigenvalue weighted by molar-refractivity contribution is 5.75. The molecule has 0 spiro atoms. The lowest BCUT2D eigenvalue weighted by atomic mass is 10.1. The Labute approximate surface area is 146 Å². The summed E-state index contributed by atoms with van der Waals surface area (Å²) in [5, 5.41) is 16.1. The van der Waals surface area contributed by atoms with Crippen molar-refractivity contribution in [2.45, 2.75) is 38.8 Å². The maximum Gasteiger partial charge on any atom is 0.318 e. The fourth-order valence-corrected chi connectivity index (χ4v) is 2.82. The van der Waals surface area contributed by atoms with E-state index in [-0.39, 0.29) is 24.7 Å². The van der Waals surface area contributed by atoms with Crippen LogP contribution in [0.3, 0.4) is 0 Å². The molecule has 1 heterocycles. The highest BCUT2D eigenvalue weighted by atomic mass is 19.1. The van der Waals surface area contributed by atoms with Gasteiger partial charge in [-0.1, -0.05) is 6.07 Å². The maximum absolute atomic E-state index is 14.4. The van der Waals surface area contributed by atoms with Crippen molar-refractivity contribution in [1.82, 2.24) is 20.0 Å². The van der Waals surface area contributed by atoms with Gasteiger partial charge in [-0.15, -0.1) is 0 Å². The van der Waals surface area contributed by atoms with E-state index in [2.05, 4.69) is 10.4 Å². The molecular formula is C18H23FN4O2. The van der Waals surface area contributed by atoms with Crippen LogP contribution in [-0.4, -0.2) is 45.0 Å². The Morgan fingerprint density at radius 1 is 1.52 bits per heavy atom. The average molecular weight is 346 g/mol. The fraction of sp³-hybridized carbons (Fsp3) is 0.444. The molecule has 0 radical (unpaired) electrons. The quantitative estimate of drug-likeness (QED) is 0.844. The van der Waals surface area contributed by atoms with Gasteiger partial charge in [0.25, 0.3) is 0 Å². The molecule has 3 rings (SSSR count). The molecule has 25 heavy (non-hydrogen) atoms. The lowest BCUT2D eigenvalue weighted by Gasteiger charge is -2.24. The zero-order valence-electron chi connectivity index (χ0n) is 14.4. The van der Waals surface area contributed by atoms with Crippen LogP contribution in [0.2, 0.25) is 0 Å². The summed E-state index contributed by atoms with van der Waals surface area (Å²) in [6.07, 6.45) is 5.36. The maximum atomic E-state index is 14.4. The number of halogens is 1. The summed E-state index contributed by atoms with van der Waals surface area (Å²) in [7, 11) is 0. The minimum absolute atomic E-state index is 0.0646. The lowest BCUT2D eigenvalue weighted by Crippen LogP contribution is -2.43. The molecule has 1 aromatic heterocycles. The molecule has 0 bridgehead atoms. The number of rotatable bonds is 6. The molecule has 2 aromatic rings. The van der Waals surface area contributed by atoms with Crippen LogP contribution < -0.4 is 5.32 Å². The number of urea groups is 1. The third-order valence-corrected chi connectivity index (χ3v) is 4.36. The topological polar surface area (TPSA) is 70.4 Å². The molecule has 1 aliphatic carbocycles. The molecular weight excluding hydrogens is 323 g/mol.